The number of hydrogen-bond acceptors (Lipinski definition) is 5. The molecule has 1 aliphatic rings. The summed E-state index contributed by atoms with van der Waals surface area (Å²) in [5.41, 5.74) is 0.873. The lowest BCUT2D eigenvalue weighted by atomic mass is 10.2. The molecule has 0 spiro atoms. The zero-order chi connectivity index (χ0) is 16.2. The predicted octanol–water partition coefficient (Wildman–Crippen LogP) is 3.98. The average molecular weight is 343 g/mol. The lowest BCUT2D eigenvalue weighted by Crippen LogP contribution is -2.17. The summed E-state index contributed by atoms with van der Waals surface area (Å²) in [6.45, 7) is 0. The van der Waals surface area contributed by atoms with E-state index in [0.29, 0.717) is 20.7 Å². The number of nitrogens with one attached hydrogen (secondary N) is 1. The topological polar surface area (TPSA) is 47.6 Å². The van der Waals surface area contributed by atoms with Crippen molar-refractivity contribution in [2.24, 2.45) is 0 Å². The quantitative estimate of drug-likeness (QED) is 0.672. The molecule has 0 radical (unpaired) electrons. The van der Waals surface area contributed by atoms with E-state index in [4.69, 9.17) is 21.7 Å². The van der Waals surface area contributed by atoms with E-state index in [1.165, 1.54) is 11.8 Å². The maximum atomic E-state index is 11.7. The van der Waals surface area contributed by atoms with E-state index < -0.39 is 0 Å². The van der Waals surface area contributed by atoms with Crippen molar-refractivity contribution in [2.75, 3.05) is 7.11 Å². The van der Waals surface area contributed by atoms with Gasteiger partial charge >= 0.3 is 0 Å². The van der Waals surface area contributed by atoms with Crippen LogP contribution in [0.3, 0.4) is 0 Å². The number of carbonyl (C=O) groups excluding carboxylic acids is 1. The van der Waals surface area contributed by atoms with E-state index in [-0.39, 0.29) is 5.91 Å². The van der Waals surface area contributed by atoms with E-state index in [0.717, 1.165) is 11.3 Å². The fraction of sp³-hybridized carbons (Fsp3) is 0.0588. The van der Waals surface area contributed by atoms with Gasteiger partial charge in [0.2, 0.25) is 0 Å². The number of ether oxygens (including phenoxy) is 2. The molecule has 1 heterocycles. The normalized spacial score (nSPS) is 15.6. The molecule has 0 bridgehead atoms. The van der Waals surface area contributed by atoms with Gasteiger partial charge in [-0.15, -0.1) is 0 Å². The third kappa shape index (κ3) is 3.91. The summed E-state index contributed by atoms with van der Waals surface area (Å²) >= 11 is 6.24. The van der Waals surface area contributed by atoms with Crippen molar-refractivity contribution in [2.45, 2.75) is 0 Å². The minimum Gasteiger partial charge on any atom is -0.497 e. The molecule has 2 aromatic rings. The Morgan fingerprint density at radius 3 is 2.48 bits per heavy atom. The van der Waals surface area contributed by atoms with E-state index in [2.05, 4.69) is 5.32 Å². The lowest BCUT2D eigenvalue weighted by Gasteiger charge is -2.07. The Balaban J connectivity index is 1.78. The van der Waals surface area contributed by atoms with Crippen LogP contribution in [0.4, 0.5) is 0 Å². The summed E-state index contributed by atoms with van der Waals surface area (Å²) in [5, 5.41) is 2.60. The van der Waals surface area contributed by atoms with Crippen molar-refractivity contribution in [3.05, 3.63) is 59.0 Å². The molecule has 1 amide bonds. The molecule has 2 aromatic carbocycles. The fourth-order valence-electron chi connectivity index (χ4n) is 2.02. The van der Waals surface area contributed by atoms with Crippen molar-refractivity contribution in [1.82, 2.24) is 5.32 Å². The zero-order valence-electron chi connectivity index (χ0n) is 12.2. The van der Waals surface area contributed by atoms with E-state index in [1.54, 1.807) is 13.2 Å². The van der Waals surface area contributed by atoms with Crippen LogP contribution >= 0.6 is 24.0 Å². The van der Waals surface area contributed by atoms with Crippen molar-refractivity contribution >= 4 is 40.3 Å². The van der Waals surface area contributed by atoms with Crippen molar-refractivity contribution in [1.29, 1.82) is 0 Å². The molecular formula is C17H13NO3S2. The molecule has 0 atom stereocenters. The van der Waals surface area contributed by atoms with Crippen LogP contribution in [0, 0.1) is 0 Å². The molecule has 116 valence electrons. The number of rotatable bonds is 4. The highest BCUT2D eigenvalue weighted by atomic mass is 32.2. The molecule has 1 fully saturated rings. The molecule has 23 heavy (non-hydrogen) atoms. The molecule has 0 aromatic heterocycles. The van der Waals surface area contributed by atoms with E-state index >= 15 is 0 Å². The first-order valence-corrected chi connectivity index (χ1v) is 8.03. The van der Waals surface area contributed by atoms with Gasteiger partial charge in [0.25, 0.3) is 5.91 Å². The van der Waals surface area contributed by atoms with Gasteiger partial charge in [-0.3, -0.25) is 4.79 Å². The molecule has 1 N–H and O–H groups in total. The van der Waals surface area contributed by atoms with Crippen LogP contribution in [0.5, 0.6) is 17.2 Å². The molecule has 1 aliphatic heterocycles. The first-order chi connectivity index (χ1) is 11.1. The Labute approximate surface area is 143 Å². The summed E-state index contributed by atoms with van der Waals surface area (Å²) in [7, 11) is 1.62. The van der Waals surface area contributed by atoms with Gasteiger partial charge in [-0.2, -0.15) is 0 Å². The first kappa shape index (κ1) is 15.6. The van der Waals surface area contributed by atoms with Gasteiger partial charge in [-0.05, 0) is 48.0 Å². The monoisotopic (exact) mass is 343 g/mol. The number of methoxy groups -OCH3 is 1. The van der Waals surface area contributed by atoms with Crippen molar-refractivity contribution < 1.29 is 14.3 Å². The van der Waals surface area contributed by atoms with Crippen LogP contribution in [0.15, 0.2) is 53.4 Å². The summed E-state index contributed by atoms with van der Waals surface area (Å²) in [6, 6.07) is 14.9. The van der Waals surface area contributed by atoms with Crippen LogP contribution < -0.4 is 14.8 Å². The van der Waals surface area contributed by atoms with Crippen LogP contribution in [0.25, 0.3) is 6.08 Å². The van der Waals surface area contributed by atoms with Crippen molar-refractivity contribution in [3.8, 4) is 17.2 Å². The van der Waals surface area contributed by atoms with Gasteiger partial charge in [-0.1, -0.05) is 36.1 Å². The van der Waals surface area contributed by atoms with Crippen LogP contribution in [0.1, 0.15) is 5.56 Å². The lowest BCUT2D eigenvalue weighted by molar-refractivity contribution is -0.115. The van der Waals surface area contributed by atoms with Crippen molar-refractivity contribution in [3.63, 3.8) is 0 Å². The number of hydrogen-bond donors (Lipinski definition) is 1. The molecular weight excluding hydrogens is 330 g/mol. The highest BCUT2D eigenvalue weighted by Crippen LogP contribution is 2.28. The number of thiocarbonyl (C=S) groups is 1. The van der Waals surface area contributed by atoms with Crippen LogP contribution in [-0.4, -0.2) is 17.3 Å². The number of carbonyl (C=O) groups is 1. The Hall–Kier alpha value is -2.31. The molecule has 0 saturated carbocycles. The average Bonchev–Trinajstić information content (AvgIpc) is 2.86. The zero-order valence-corrected chi connectivity index (χ0v) is 13.9. The van der Waals surface area contributed by atoms with Crippen LogP contribution in [-0.2, 0) is 4.79 Å². The first-order valence-electron chi connectivity index (χ1n) is 6.81. The second-order valence-electron chi connectivity index (χ2n) is 4.70. The standard InChI is InChI=1S/C17H13NO3S2/c1-20-12-5-7-13(8-6-12)21-14-4-2-3-11(9-14)10-15-16(19)18-17(22)23-15/h2-10H,1H3,(H,18,19,22)/b15-10-. The van der Waals surface area contributed by atoms with Gasteiger partial charge in [-0.25, -0.2) is 0 Å². The van der Waals surface area contributed by atoms with Gasteiger partial charge < -0.3 is 14.8 Å². The van der Waals surface area contributed by atoms with Gasteiger partial charge in [0.1, 0.15) is 21.6 Å². The largest absolute Gasteiger partial charge is 0.497 e. The molecule has 0 unspecified atom stereocenters. The predicted molar refractivity (Wildman–Crippen MR) is 95.8 cm³/mol. The van der Waals surface area contributed by atoms with E-state index in [1.807, 2.05) is 48.5 Å². The molecule has 3 rings (SSSR count). The SMILES string of the molecule is COc1ccc(Oc2cccc(/C=C3\SC(=S)NC3=O)c2)cc1. The van der Waals surface area contributed by atoms with Gasteiger partial charge in [0, 0.05) is 0 Å². The van der Waals surface area contributed by atoms with E-state index in [9.17, 15) is 4.79 Å². The second-order valence-corrected chi connectivity index (χ2v) is 6.42. The summed E-state index contributed by atoms with van der Waals surface area (Å²) in [4.78, 5) is 12.3. The Bertz CT molecular complexity index is 785. The Morgan fingerprint density at radius 1 is 1.09 bits per heavy atom. The fourth-order valence-corrected chi connectivity index (χ4v) is 3.06. The summed E-state index contributed by atoms with van der Waals surface area (Å²) in [5.74, 6) is 2.01. The number of amides is 1. The smallest absolute Gasteiger partial charge is 0.263 e. The highest BCUT2D eigenvalue weighted by Gasteiger charge is 2.21. The van der Waals surface area contributed by atoms with Gasteiger partial charge in [0.05, 0.1) is 12.0 Å². The third-order valence-corrected chi connectivity index (χ3v) is 4.26. The molecule has 1 saturated heterocycles. The Kier molecular flexibility index (Phi) is 4.64. The highest BCUT2D eigenvalue weighted by molar-refractivity contribution is 8.26. The maximum Gasteiger partial charge on any atom is 0.263 e. The molecule has 0 aliphatic carbocycles. The van der Waals surface area contributed by atoms with Gasteiger partial charge in [0.15, 0.2) is 0 Å². The maximum absolute atomic E-state index is 11.7. The van der Waals surface area contributed by atoms with Crippen LogP contribution in [0.2, 0.25) is 0 Å². The summed E-state index contributed by atoms with van der Waals surface area (Å²) < 4.78 is 11.4. The third-order valence-electron chi connectivity index (χ3n) is 3.09. The molecule has 6 heteroatoms. The second kappa shape index (κ2) is 6.85. The minimum absolute atomic E-state index is 0.165. The number of thioether (sulfide) groups is 1. The Morgan fingerprint density at radius 2 is 1.83 bits per heavy atom. The minimum atomic E-state index is -0.165. The number of benzene rings is 2. The summed E-state index contributed by atoms with van der Waals surface area (Å²) in [6.07, 6.45) is 1.79. The molecule has 4 nitrogen and oxygen atoms in total.